The molecule has 1 aliphatic rings. The number of benzene rings is 1. The fourth-order valence-corrected chi connectivity index (χ4v) is 3.41. The molecule has 2 atom stereocenters. The summed E-state index contributed by atoms with van der Waals surface area (Å²) in [4.78, 5) is 12.6. The molecule has 5 nitrogen and oxygen atoms in total. The van der Waals surface area contributed by atoms with Gasteiger partial charge in [-0.25, -0.2) is 0 Å². The SMILES string of the molecule is COc1cc(N)c(Cl)cc1C(=O)NCC1CCCOC1C(C)(C)C. The number of carbonyl (C=O) groups excluding carboxylic acids is 1. The number of halogens is 1. The number of amides is 1. The van der Waals surface area contributed by atoms with Crippen LogP contribution in [0.4, 0.5) is 5.69 Å². The minimum Gasteiger partial charge on any atom is -0.496 e. The molecule has 1 aromatic carbocycles. The lowest BCUT2D eigenvalue weighted by molar-refractivity contribution is -0.0839. The summed E-state index contributed by atoms with van der Waals surface area (Å²) in [7, 11) is 1.50. The first-order valence-electron chi connectivity index (χ1n) is 8.27. The van der Waals surface area contributed by atoms with Crippen LogP contribution in [0.1, 0.15) is 44.0 Å². The molecule has 0 radical (unpaired) electrons. The molecular weight excluding hydrogens is 328 g/mol. The zero-order valence-corrected chi connectivity index (χ0v) is 15.6. The van der Waals surface area contributed by atoms with Gasteiger partial charge in [0, 0.05) is 25.1 Å². The van der Waals surface area contributed by atoms with E-state index >= 15 is 0 Å². The van der Waals surface area contributed by atoms with Crippen molar-refractivity contribution in [1.29, 1.82) is 0 Å². The van der Waals surface area contributed by atoms with E-state index < -0.39 is 0 Å². The zero-order chi connectivity index (χ0) is 17.9. The van der Waals surface area contributed by atoms with Gasteiger partial charge in [-0.2, -0.15) is 0 Å². The normalized spacial score (nSPS) is 21.4. The van der Waals surface area contributed by atoms with Crippen LogP contribution in [0.15, 0.2) is 12.1 Å². The number of methoxy groups -OCH3 is 1. The third-order valence-electron chi connectivity index (χ3n) is 4.39. The molecule has 1 saturated heterocycles. The molecule has 2 rings (SSSR count). The zero-order valence-electron chi connectivity index (χ0n) is 14.8. The number of hydrogen-bond donors (Lipinski definition) is 2. The second-order valence-corrected chi connectivity index (χ2v) is 7.75. The average Bonchev–Trinajstić information content (AvgIpc) is 2.54. The number of hydrogen-bond acceptors (Lipinski definition) is 4. The highest BCUT2D eigenvalue weighted by Crippen LogP contribution is 2.34. The highest BCUT2D eigenvalue weighted by Gasteiger charge is 2.35. The monoisotopic (exact) mass is 354 g/mol. The lowest BCUT2D eigenvalue weighted by Crippen LogP contribution is -2.45. The largest absolute Gasteiger partial charge is 0.496 e. The minimum absolute atomic E-state index is 0.0397. The van der Waals surface area contributed by atoms with Crippen molar-refractivity contribution in [3.05, 3.63) is 22.7 Å². The van der Waals surface area contributed by atoms with Crippen LogP contribution in [0.5, 0.6) is 5.75 Å². The molecule has 0 bridgehead atoms. The van der Waals surface area contributed by atoms with E-state index in [1.165, 1.54) is 7.11 Å². The van der Waals surface area contributed by atoms with E-state index in [1.54, 1.807) is 12.1 Å². The summed E-state index contributed by atoms with van der Waals surface area (Å²) in [5.74, 6) is 0.492. The van der Waals surface area contributed by atoms with Gasteiger partial charge >= 0.3 is 0 Å². The van der Waals surface area contributed by atoms with E-state index in [9.17, 15) is 4.79 Å². The van der Waals surface area contributed by atoms with Crippen molar-refractivity contribution in [3.63, 3.8) is 0 Å². The van der Waals surface area contributed by atoms with Crippen LogP contribution >= 0.6 is 11.6 Å². The smallest absolute Gasteiger partial charge is 0.255 e. The number of anilines is 1. The van der Waals surface area contributed by atoms with E-state index in [0.29, 0.717) is 28.6 Å². The minimum atomic E-state index is -0.216. The Kier molecular flexibility index (Phi) is 5.99. The molecule has 0 spiro atoms. The lowest BCUT2D eigenvalue weighted by atomic mass is 9.78. The Hall–Kier alpha value is -1.46. The van der Waals surface area contributed by atoms with Gasteiger partial charge in [0.2, 0.25) is 0 Å². The maximum atomic E-state index is 12.6. The van der Waals surface area contributed by atoms with Gasteiger partial charge in [-0.3, -0.25) is 4.79 Å². The predicted octanol–water partition coefficient (Wildman–Crippen LogP) is 3.50. The third-order valence-corrected chi connectivity index (χ3v) is 4.71. The fraction of sp³-hybridized carbons (Fsp3) is 0.611. The summed E-state index contributed by atoms with van der Waals surface area (Å²) in [6.07, 6.45) is 2.19. The summed E-state index contributed by atoms with van der Waals surface area (Å²) in [5, 5.41) is 3.34. The van der Waals surface area contributed by atoms with Crippen molar-refractivity contribution in [2.24, 2.45) is 11.3 Å². The van der Waals surface area contributed by atoms with E-state index in [-0.39, 0.29) is 23.3 Å². The molecule has 1 aromatic rings. The van der Waals surface area contributed by atoms with E-state index in [0.717, 1.165) is 19.4 Å². The van der Waals surface area contributed by atoms with Crippen LogP contribution in [0.25, 0.3) is 0 Å². The van der Waals surface area contributed by atoms with Crippen LogP contribution in [0, 0.1) is 11.3 Å². The number of nitrogen functional groups attached to an aromatic ring is 1. The molecule has 1 aliphatic heterocycles. The number of carbonyl (C=O) groups is 1. The van der Waals surface area contributed by atoms with Crippen LogP contribution in [0.2, 0.25) is 5.02 Å². The third kappa shape index (κ3) is 4.33. The molecule has 134 valence electrons. The molecule has 24 heavy (non-hydrogen) atoms. The Labute approximate surface area is 148 Å². The van der Waals surface area contributed by atoms with Gasteiger partial charge in [0.25, 0.3) is 5.91 Å². The Morgan fingerprint density at radius 1 is 1.46 bits per heavy atom. The molecule has 0 aliphatic carbocycles. The Balaban J connectivity index is 2.08. The fourth-order valence-electron chi connectivity index (χ4n) is 3.24. The van der Waals surface area contributed by atoms with Crippen molar-refractivity contribution >= 4 is 23.2 Å². The summed E-state index contributed by atoms with van der Waals surface area (Å²) >= 11 is 6.04. The molecule has 2 unspecified atom stereocenters. The molecule has 1 fully saturated rings. The Morgan fingerprint density at radius 2 is 2.17 bits per heavy atom. The summed E-state index contributed by atoms with van der Waals surface area (Å²) in [5.41, 5.74) is 6.58. The van der Waals surface area contributed by atoms with E-state index in [2.05, 4.69) is 26.1 Å². The molecule has 0 saturated carbocycles. The maximum Gasteiger partial charge on any atom is 0.255 e. The number of nitrogens with two attached hydrogens (primary N) is 1. The second-order valence-electron chi connectivity index (χ2n) is 7.34. The van der Waals surface area contributed by atoms with Gasteiger partial charge in [-0.15, -0.1) is 0 Å². The molecule has 3 N–H and O–H groups in total. The Morgan fingerprint density at radius 3 is 2.79 bits per heavy atom. The van der Waals surface area contributed by atoms with Gasteiger partial charge in [0.1, 0.15) is 5.75 Å². The van der Waals surface area contributed by atoms with Crippen LogP contribution in [0.3, 0.4) is 0 Å². The number of nitrogens with one attached hydrogen (secondary N) is 1. The van der Waals surface area contributed by atoms with Crippen LogP contribution in [-0.4, -0.2) is 32.3 Å². The highest BCUT2D eigenvalue weighted by atomic mass is 35.5. The van der Waals surface area contributed by atoms with E-state index in [4.69, 9.17) is 26.8 Å². The molecule has 6 heteroatoms. The average molecular weight is 355 g/mol. The lowest BCUT2D eigenvalue weighted by Gasteiger charge is -2.40. The maximum absolute atomic E-state index is 12.6. The number of ether oxygens (including phenoxy) is 2. The quantitative estimate of drug-likeness (QED) is 0.811. The first-order chi connectivity index (χ1) is 11.2. The summed E-state index contributed by atoms with van der Waals surface area (Å²) in [6.45, 7) is 7.85. The van der Waals surface area contributed by atoms with Crippen molar-refractivity contribution in [1.82, 2.24) is 5.32 Å². The van der Waals surface area contributed by atoms with Crippen molar-refractivity contribution < 1.29 is 14.3 Å². The van der Waals surface area contributed by atoms with Crippen molar-refractivity contribution in [2.75, 3.05) is 26.0 Å². The first-order valence-corrected chi connectivity index (χ1v) is 8.64. The summed E-state index contributed by atoms with van der Waals surface area (Å²) < 4.78 is 11.2. The van der Waals surface area contributed by atoms with Crippen molar-refractivity contribution in [2.45, 2.75) is 39.7 Å². The van der Waals surface area contributed by atoms with Gasteiger partial charge in [-0.05, 0) is 24.3 Å². The molecule has 0 aromatic heterocycles. The summed E-state index contributed by atoms with van der Waals surface area (Å²) in [6, 6.07) is 3.11. The second kappa shape index (κ2) is 7.62. The molecule has 1 heterocycles. The van der Waals surface area contributed by atoms with Gasteiger partial charge in [-0.1, -0.05) is 32.4 Å². The molecular formula is C18H27ClN2O3. The highest BCUT2D eigenvalue weighted by molar-refractivity contribution is 6.33. The van der Waals surface area contributed by atoms with Gasteiger partial charge < -0.3 is 20.5 Å². The van der Waals surface area contributed by atoms with Gasteiger partial charge in [0.15, 0.2) is 0 Å². The van der Waals surface area contributed by atoms with Crippen LogP contribution < -0.4 is 15.8 Å². The first kappa shape index (κ1) is 18.9. The van der Waals surface area contributed by atoms with Gasteiger partial charge in [0.05, 0.1) is 29.5 Å². The Bertz CT molecular complexity index is 599. The van der Waals surface area contributed by atoms with E-state index in [1.807, 2.05) is 0 Å². The van der Waals surface area contributed by atoms with Crippen molar-refractivity contribution in [3.8, 4) is 5.75 Å². The standard InChI is InChI=1S/C18H27ClN2O3/c1-18(2,3)16-11(6-5-7-24-16)10-21-17(22)12-8-13(19)14(20)9-15(12)23-4/h8-9,11,16H,5-7,10,20H2,1-4H3,(H,21,22). The predicted molar refractivity (Wildman–Crippen MR) is 96.7 cm³/mol. The number of rotatable bonds is 4. The topological polar surface area (TPSA) is 73.6 Å². The molecule has 1 amide bonds. The van der Waals surface area contributed by atoms with Crippen LogP contribution in [-0.2, 0) is 4.74 Å².